The maximum Gasteiger partial charge on any atom is 0.471 e. The summed E-state index contributed by atoms with van der Waals surface area (Å²) in [6, 6.07) is 8.34. The van der Waals surface area contributed by atoms with Gasteiger partial charge in [0.1, 0.15) is 0 Å². The molecule has 4 aromatic rings. The minimum Gasteiger partial charge on any atom is -0.329 e. The molecule has 6 nitrogen and oxygen atoms in total. The monoisotopic (exact) mass is 378 g/mol. The molecule has 132 valence electrons. The highest BCUT2D eigenvalue weighted by atomic mass is 32.1. The van der Waals surface area contributed by atoms with E-state index in [1.807, 2.05) is 18.2 Å². The van der Waals surface area contributed by atoms with Crippen molar-refractivity contribution in [2.75, 3.05) is 0 Å². The summed E-state index contributed by atoms with van der Waals surface area (Å²) in [5.41, 5.74) is 3.32. The lowest BCUT2D eigenvalue weighted by Crippen LogP contribution is -2.19. The first kappa shape index (κ1) is 16.5. The van der Waals surface area contributed by atoms with Crippen LogP contribution in [0.3, 0.4) is 0 Å². The molecule has 0 unspecified atom stereocenters. The van der Waals surface area contributed by atoms with Gasteiger partial charge in [-0.25, -0.2) is 4.98 Å². The third kappa shape index (κ3) is 3.10. The van der Waals surface area contributed by atoms with Gasteiger partial charge in [-0.05, 0) is 23.8 Å². The number of hydrogen-bond donors (Lipinski definition) is 0. The summed E-state index contributed by atoms with van der Waals surface area (Å²) in [6.45, 7) is 0.326. The minimum atomic E-state index is -4.73. The van der Waals surface area contributed by atoms with E-state index in [9.17, 15) is 18.0 Å². The molecule has 0 radical (unpaired) electrons. The molecule has 0 saturated carbocycles. The maximum atomic E-state index is 12.5. The number of aromatic nitrogens is 4. The molecular formula is C16H9F3N4O2S. The van der Waals surface area contributed by atoms with Crippen molar-refractivity contribution in [3.05, 3.63) is 63.8 Å². The smallest absolute Gasteiger partial charge is 0.329 e. The van der Waals surface area contributed by atoms with E-state index in [1.165, 1.54) is 34.2 Å². The summed E-state index contributed by atoms with van der Waals surface area (Å²) >= 11 is 1.50. The van der Waals surface area contributed by atoms with E-state index in [2.05, 4.69) is 19.6 Å². The molecule has 0 bridgehead atoms. The Hall–Kier alpha value is -3.01. The Morgan fingerprint density at radius 1 is 1.19 bits per heavy atom. The normalized spacial score (nSPS) is 12.0. The van der Waals surface area contributed by atoms with Crippen molar-refractivity contribution in [2.45, 2.75) is 12.7 Å². The molecule has 0 fully saturated rings. The van der Waals surface area contributed by atoms with Crippen LogP contribution in [0.1, 0.15) is 11.5 Å². The zero-order valence-electron chi connectivity index (χ0n) is 12.9. The molecule has 0 N–H and O–H groups in total. The molecule has 26 heavy (non-hydrogen) atoms. The molecule has 10 heteroatoms. The zero-order chi connectivity index (χ0) is 18.3. The van der Waals surface area contributed by atoms with Crippen LogP contribution in [0.15, 0.2) is 51.4 Å². The maximum absolute atomic E-state index is 12.5. The summed E-state index contributed by atoms with van der Waals surface area (Å²) in [7, 11) is 0. The molecule has 0 saturated heterocycles. The topological polar surface area (TPSA) is 73.8 Å². The Labute approximate surface area is 147 Å². The summed E-state index contributed by atoms with van der Waals surface area (Å²) in [5.74, 6) is -1.73. The predicted molar refractivity (Wildman–Crippen MR) is 87.7 cm³/mol. The Balaban J connectivity index is 1.61. The van der Waals surface area contributed by atoms with Crippen molar-refractivity contribution in [3.63, 3.8) is 0 Å². The van der Waals surface area contributed by atoms with Gasteiger partial charge < -0.3 is 9.09 Å². The van der Waals surface area contributed by atoms with Gasteiger partial charge in [-0.2, -0.15) is 18.2 Å². The fraction of sp³-hybridized carbons (Fsp3) is 0.125. The molecule has 0 aliphatic rings. The number of pyridine rings is 1. The van der Waals surface area contributed by atoms with E-state index in [4.69, 9.17) is 0 Å². The molecular weight excluding hydrogens is 369 g/mol. The molecule has 3 aromatic heterocycles. The van der Waals surface area contributed by atoms with E-state index in [-0.39, 0.29) is 16.9 Å². The lowest BCUT2D eigenvalue weighted by atomic mass is 10.2. The van der Waals surface area contributed by atoms with E-state index >= 15 is 0 Å². The fourth-order valence-electron chi connectivity index (χ4n) is 2.43. The van der Waals surface area contributed by atoms with Crippen molar-refractivity contribution in [2.24, 2.45) is 0 Å². The number of hydrogen-bond acceptors (Lipinski definition) is 6. The van der Waals surface area contributed by atoms with Gasteiger partial charge in [-0.15, -0.1) is 11.3 Å². The highest BCUT2D eigenvalue weighted by Crippen LogP contribution is 2.29. The third-order valence-electron chi connectivity index (χ3n) is 3.67. The quantitative estimate of drug-likeness (QED) is 0.545. The molecule has 4 rings (SSSR count). The van der Waals surface area contributed by atoms with Gasteiger partial charge in [-0.3, -0.25) is 4.79 Å². The molecule has 1 aromatic carbocycles. The number of benzene rings is 1. The van der Waals surface area contributed by atoms with Crippen LogP contribution in [-0.4, -0.2) is 19.7 Å². The molecule has 0 amide bonds. The molecule has 0 atom stereocenters. The standard InChI is InChI=1S/C16H9F3N4O2S/c17-16(18,19)15-21-14(22-25-15)10-3-4-23(13(24)6-10)7-9-1-2-11-12(5-9)26-8-20-11/h1-6,8H,7H2. The van der Waals surface area contributed by atoms with Crippen LogP contribution in [0.25, 0.3) is 21.6 Å². The van der Waals surface area contributed by atoms with Crippen LogP contribution in [0, 0.1) is 0 Å². The van der Waals surface area contributed by atoms with Gasteiger partial charge in [0.2, 0.25) is 5.82 Å². The molecule has 0 spiro atoms. The number of rotatable bonds is 3. The third-order valence-corrected chi connectivity index (χ3v) is 4.46. The van der Waals surface area contributed by atoms with Crippen LogP contribution in [0.2, 0.25) is 0 Å². The van der Waals surface area contributed by atoms with Crippen LogP contribution in [0.4, 0.5) is 13.2 Å². The van der Waals surface area contributed by atoms with Crippen LogP contribution in [0.5, 0.6) is 0 Å². The number of alkyl halides is 3. The Kier molecular flexibility index (Phi) is 3.83. The minimum absolute atomic E-state index is 0.156. The van der Waals surface area contributed by atoms with Crippen LogP contribution >= 0.6 is 11.3 Å². The first-order valence-corrected chi connectivity index (χ1v) is 8.22. The summed E-state index contributed by atoms with van der Waals surface area (Å²) < 4.78 is 44.2. The second-order valence-corrected chi connectivity index (χ2v) is 6.34. The highest BCUT2D eigenvalue weighted by Gasteiger charge is 2.38. The largest absolute Gasteiger partial charge is 0.471 e. The second kappa shape index (κ2) is 6.06. The Morgan fingerprint density at radius 2 is 2.04 bits per heavy atom. The van der Waals surface area contributed by atoms with Crippen molar-refractivity contribution in [1.29, 1.82) is 0 Å². The van der Waals surface area contributed by atoms with E-state index in [1.54, 1.807) is 5.51 Å². The van der Waals surface area contributed by atoms with Gasteiger partial charge in [-0.1, -0.05) is 11.2 Å². The van der Waals surface area contributed by atoms with Gasteiger partial charge >= 0.3 is 12.1 Å². The SMILES string of the molecule is O=c1cc(-c2noc(C(F)(F)F)n2)ccn1Cc1ccc2ncsc2c1. The number of nitrogens with zero attached hydrogens (tertiary/aromatic N) is 4. The highest BCUT2D eigenvalue weighted by molar-refractivity contribution is 7.16. The van der Waals surface area contributed by atoms with Crippen molar-refractivity contribution in [3.8, 4) is 11.4 Å². The Morgan fingerprint density at radius 3 is 2.77 bits per heavy atom. The summed E-state index contributed by atoms with van der Waals surface area (Å²) in [4.78, 5) is 19.8. The van der Waals surface area contributed by atoms with Gasteiger partial charge in [0.25, 0.3) is 5.56 Å². The van der Waals surface area contributed by atoms with Crippen LogP contribution in [-0.2, 0) is 12.7 Å². The zero-order valence-corrected chi connectivity index (χ0v) is 13.7. The number of thiazole rings is 1. The van der Waals surface area contributed by atoms with Crippen molar-refractivity contribution in [1.82, 2.24) is 19.7 Å². The average Bonchev–Trinajstić information content (AvgIpc) is 3.24. The van der Waals surface area contributed by atoms with Gasteiger partial charge in [0.15, 0.2) is 0 Å². The predicted octanol–water partition coefficient (Wildman–Crippen LogP) is 3.58. The average molecular weight is 378 g/mol. The lowest BCUT2D eigenvalue weighted by Gasteiger charge is -2.06. The Bertz CT molecular complexity index is 1150. The van der Waals surface area contributed by atoms with Crippen LogP contribution < -0.4 is 5.56 Å². The lowest BCUT2D eigenvalue weighted by molar-refractivity contribution is -0.159. The molecule has 0 aliphatic heterocycles. The summed E-state index contributed by atoms with van der Waals surface area (Å²) in [5, 5.41) is 3.28. The first-order valence-electron chi connectivity index (χ1n) is 7.34. The summed E-state index contributed by atoms with van der Waals surface area (Å²) in [6.07, 6.45) is -3.24. The molecule has 3 heterocycles. The fourth-order valence-corrected chi connectivity index (χ4v) is 3.17. The van der Waals surface area contributed by atoms with Gasteiger partial charge in [0, 0.05) is 17.8 Å². The van der Waals surface area contributed by atoms with E-state index in [0.717, 1.165) is 15.8 Å². The number of fused-ring (bicyclic) bond motifs is 1. The van der Waals surface area contributed by atoms with Crippen molar-refractivity contribution >= 4 is 21.6 Å². The second-order valence-electron chi connectivity index (χ2n) is 5.46. The first-order chi connectivity index (χ1) is 12.4. The molecule has 0 aliphatic carbocycles. The van der Waals surface area contributed by atoms with Gasteiger partial charge in [0.05, 0.1) is 22.3 Å². The van der Waals surface area contributed by atoms with E-state index in [0.29, 0.717) is 6.54 Å². The number of halogens is 3. The van der Waals surface area contributed by atoms with Crippen molar-refractivity contribution < 1.29 is 17.7 Å². The van der Waals surface area contributed by atoms with E-state index < -0.39 is 12.1 Å².